The van der Waals surface area contributed by atoms with Gasteiger partial charge in [0.25, 0.3) is 0 Å². The van der Waals surface area contributed by atoms with Gasteiger partial charge in [0.1, 0.15) is 0 Å². The summed E-state index contributed by atoms with van der Waals surface area (Å²) in [5, 5.41) is 3.03. The smallest absolute Gasteiger partial charge is 0.234 e. The number of hydrogen-bond acceptors (Lipinski definition) is 4. The molecule has 1 aliphatic heterocycles. The van der Waals surface area contributed by atoms with Crippen LogP contribution in [0.1, 0.15) is 20.3 Å². The Morgan fingerprint density at radius 1 is 1.00 bits per heavy atom. The minimum absolute atomic E-state index is 0. The quantitative estimate of drug-likeness (QED) is 0.365. The molecule has 1 aliphatic rings. The van der Waals surface area contributed by atoms with E-state index in [2.05, 4.69) is 5.32 Å². The first-order chi connectivity index (χ1) is 6.00. The first kappa shape index (κ1) is 20.8. The van der Waals surface area contributed by atoms with Gasteiger partial charge in [-0.2, -0.15) is 0 Å². The second-order valence-corrected chi connectivity index (χ2v) is 2.60. The standard InChI is InChI=1S/C7H8N2O4.CH4.CH3.Y/c1-9-6(12)2-4(10)8-5(11)3-7(9)13;;;/h2-3H2,1H3,(H,8,10,11);1H4;1H3;/q;;-1;/p-1. The molecular formula is C9H14N2O4Y-2. The first-order valence-electron chi connectivity index (χ1n) is 3.57. The summed E-state index contributed by atoms with van der Waals surface area (Å²) in [6, 6.07) is 0. The maximum atomic E-state index is 11.0. The predicted molar refractivity (Wildman–Crippen MR) is 53.5 cm³/mol. The molecule has 16 heavy (non-hydrogen) atoms. The molecule has 7 heteroatoms. The van der Waals surface area contributed by atoms with Gasteiger partial charge in [-0.1, -0.05) is 7.43 Å². The SMILES string of the molecule is C.CN1C(=O)CC(=O)[N-]C(=O)CC1=O.[CH3-].[Y]. The molecule has 0 atom stereocenters. The van der Waals surface area contributed by atoms with Gasteiger partial charge in [0.05, 0.1) is 24.7 Å². The van der Waals surface area contributed by atoms with Crippen molar-refractivity contribution in [2.24, 2.45) is 0 Å². The van der Waals surface area contributed by atoms with Gasteiger partial charge in [0, 0.05) is 39.8 Å². The van der Waals surface area contributed by atoms with Crippen molar-refractivity contribution in [3.8, 4) is 0 Å². The van der Waals surface area contributed by atoms with Crippen molar-refractivity contribution in [1.82, 2.24) is 4.90 Å². The van der Waals surface area contributed by atoms with Crippen molar-refractivity contribution in [2.75, 3.05) is 7.05 Å². The third-order valence-corrected chi connectivity index (χ3v) is 1.60. The van der Waals surface area contributed by atoms with Gasteiger partial charge in [0.15, 0.2) is 0 Å². The van der Waals surface area contributed by atoms with Gasteiger partial charge in [-0.25, -0.2) is 0 Å². The molecular weight excluding hydrogens is 289 g/mol. The molecule has 0 aromatic heterocycles. The van der Waals surface area contributed by atoms with E-state index in [0.29, 0.717) is 0 Å². The topological polar surface area (TPSA) is 85.6 Å². The minimum atomic E-state index is -0.797. The largest absolute Gasteiger partial charge is 0.595 e. The molecule has 1 heterocycles. The number of imide groups is 2. The van der Waals surface area contributed by atoms with Crippen LogP contribution in [0.5, 0.6) is 0 Å². The molecule has 1 radical (unpaired) electrons. The minimum Gasteiger partial charge on any atom is -0.595 e. The van der Waals surface area contributed by atoms with Gasteiger partial charge in [-0.3, -0.25) is 14.5 Å². The van der Waals surface area contributed by atoms with Crippen LogP contribution in [0.15, 0.2) is 0 Å². The summed E-state index contributed by atoms with van der Waals surface area (Å²) in [5.74, 6) is -2.86. The Kier molecular flexibility index (Phi) is 11.1. The number of rotatable bonds is 0. The molecule has 1 saturated heterocycles. The van der Waals surface area contributed by atoms with Crippen LogP contribution in [0.3, 0.4) is 0 Å². The number of nitrogens with zero attached hydrogens (tertiary/aromatic N) is 2. The van der Waals surface area contributed by atoms with E-state index in [9.17, 15) is 19.2 Å². The molecule has 6 nitrogen and oxygen atoms in total. The second-order valence-electron chi connectivity index (χ2n) is 2.60. The molecule has 4 amide bonds. The summed E-state index contributed by atoms with van der Waals surface area (Å²) in [7, 11) is 1.23. The summed E-state index contributed by atoms with van der Waals surface area (Å²) in [6.45, 7) is 0. The van der Waals surface area contributed by atoms with E-state index in [1.54, 1.807) is 0 Å². The molecule has 0 unspecified atom stereocenters. The predicted octanol–water partition coefficient (Wildman–Crippen LogP) is 0.276. The monoisotopic (exact) mass is 303 g/mol. The molecule has 89 valence electrons. The van der Waals surface area contributed by atoms with Crippen molar-refractivity contribution in [2.45, 2.75) is 20.3 Å². The molecule has 0 bridgehead atoms. The van der Waals surface area contributed by atoms with Crippen LogP contribution >= 0.6 is 0 Å². The van der Waals surface area contributed by atoms with Gasteiger partial charge in [-0.15, -0.1) is 0 Å². The van der Waals surface area contributed by atoms with E-state index < -0.39 is 36.5 Å². The molecule has 0 saturated carbocycles. The van der Waals surface area contributed by atoms with Crippen LogP contribution < -0.4 is 0 Å². The van der Waals surface area contributed by atoms with Gasteiger partial charge >= 0.3 is 0 Å². The maximum absolute atomic E-state index is 11.0. The third kappa shape index (κ3) is 5.46. The van der Waals surface area contributed by atoms with E-state index in [0.717, 1.165) is 4.90 Å². The third-order valence-electron chi connectivity index (χ3n) is 1.60. The zero-order valence-corrected chi connectivity index (χ0v) is 11.4. The molecule has 0 aliphatic carbocycles. The summed E-state index contributed by atoms with van der Waals surface area (Å²) >= 11 is 0. The van der Waals surface area contributed by atoms with E-state index in [1.807, 2.05) is 0 Å². The molecule has 1 rings (SSSR count). The first-order valence-corrected chi connectivity index (χ1v) is 3.57. The van der Waals surface area contributed by atoms with E-state index >= 15 is 0 Å². The van der Waals surface area contributed by atoms with Crippen molar-refractivity contribution >= 4 is 23.6 Å². The Morgan fingerprint density at radius 3 is 1.62 bits per heavy atom. The maximum Gasteiger partial charge on any atom is 0.234 e. The normalized spacial score (nSPS) is 15.9. The number of amides is 4. The van der Waals surface area contributed by atoms with Crippen LogP contribution in [-0.4, -0.2) is 35.6 Å². The summed E-state index contributed by atoms with van der Waals surface area (Å²) < 4.78 is 0. The Hall–Kier alpha value is -0.616. The van der Waals surface area contributed by atoms with Crippen LogP contribution in [-0.2, 0) is 51.9 Å². The molecule has 1 fully saturated rings. The van der Waals surface area contributed by atoms with Crippen molar-refractivity contribution in [3.63, 3.8) is 0 Å². The summed E-state index contributed by atoms with van der Waals surface area (Å²) in [5.41, 5.74) is 0. The fraction of sp³-hybridized carbons (Fsp3) is 0.444. The molecule has 0 aromatic rings. The molecule has 0 spiro atoms. The average Bonchev–Trinajstić information content (AvgIpc) is 2.00. The number of carbonyl (C=O) groups excluding carboxylic acids is 4. The molecule has 0 N–H and O–H groups in total. The zero-order valence-electron chi connectivity index (χ0n) is 8.52. The summed E-state index contributed by atoms with van der Waals surface area (Å²) in [4.78, 5) is 44.3. The molecule has 0 aromatic carbocycles. The van der Waals surface area contributed by atoms with Gasteiger partial charge < -0.3 is 22.3 Å². The average molecular weight is 303 g/mol. The fourth-order valence-corrected chi connectivity index (χ4v) is 0.853. The Morgan fingerprint density at radius 2 is 1.31 bits per heavy atom. The van der Waals surface area contributed by atoms with Gasteiger partial charge in [-0.05, 0) is 0 Å². The Balaban J connectivity index is -0.000000563. The van der Waals surface area contributed by atoms with Crippen LogP contribution in [0, 0.1) is 7.43 Å². The number of hydrogen-bond donors (Lipinski definition) is 0. The summed E-state index contributed by atoms with van der Waals surface area (Å²) in [6.07, 6.45) is -1.04. The zero-order chi connectivity index (χ0) is 10.0. The van der Waals surface area contributed by atoms with Crippen LogP contribution in [0.25, 0.3) is 5.32 Å². The Bertz CT molecular complexity index is 276. The van der Waals surface area contributed by atoms with E-state index in [4.69, 9.17) is 0 Å². The van der Waals surface area contributed by atoms with Crippen molar-refractivity contribution < 1.29 is 51.9 Å². The second kappa shape index (κ2) is 8.53. The van der Waals surface area contributed by atoms with Crippen LogP contribution in [0.4, 0.5) is 0 Å². The Labute approximate surface area is 120 Å². The van der Waals surface area contributed by atoms with E-state index in [-0.39, 0.29) is 47.6 Å². The van der Waals surface area contributed by atoms with Gasteiger partial charge in [0.2, 0.25) is 11.8 Å². The van der Waals surface area contributed by atoms with Crippen molar-refractivity contribution in [3.05, 3.63) is 12.7 Å². The van der Waals surface area contributed by atoms with Crippen LogP contribution in [0.2, 0.25) is 0 Å². The fourth-order valence-electron chi connectivity index (χ4n) is 0.853. The van der Waals surface area contributed by atoms with Crippen molar-refractivity contribution in [1.29, 1.82) is 0 Å². The van der Waals surface area contributed by atoms with E-state index in [1.165, 1.54) is 7.05 Å². The number of carbonyl (C=O) groups is 4.